The first-order chi connectivity index (χ1) is 33.8. The lowest BCUT2D eigenvalue weighted by atomic mass is 10.1. The van der Waals surface area contributed by atoms with Gasteiger partial charge in [-0.2, -0.15) is 0 Å². The van der Waals surface area contributed by atoms with Gasteiger partial charge in [0, 0.05) is 61.9 Å². The fourth-order valence-electron chi connectivity index (χ4n) is 7.94. The number of anilines is 5. The summed E-state index contributed by atoms with van der Waals surface area (Å²) in [7, 11) is -2.70. The molecule has 362 valence electrons. The third kappa shape index (κ3) is 9.40. The molecule has 0 atom stereocenters. The van der Waals surface area contributed by atoms with Crippen molar-refractivity contribution in [2.75, 3.05) is 38.7 Å². The molecular weight excluding hydrogens is 947 g/mol. The number of nitrogens with one attached hydrogen (secondary N) is 3. The van der Waals surface area contributed by atoms with Crippen LogP contribution in [0.15, 0.2) is 177 Å². The van der Waals surface area contributed by atoms with Gasteiger partial charge in [0.1, 0.15) is 11.4 Å². The van der Waals surface area contributed by atoms with Gasteiger partial charge >= 0.3 is 0 Å². The Morgan fingerprint density at radius 3 is 1.11 bits per heavy atom. The number of aromatic nitrogens is 4. The van der Waals surface area contributed by atoms with Crippen LogP contribution in [0.5, 0.6) is 0 Å². The molecule has 0 spiro atoms. The van der Waals surface area contributed by atoms with Gasteiger partial charge in [-0.3, -0.25) is 41.9 Å². The molecule has 6 aromatic carbocycles. The summed E-state index contributed by atoms with van der Waals surface area (Å²) < 4.78 is 63.2. The Bertz CT molecular complexity index is 3720. The number of carbonyl (C=O) groups is 3. The van der Waals surface area contributed by atoms with Crippen LogP contribution in [-0.4, -0.2) is 67.4 Å². The van der Waals surface area contributed by atoms with Gasteiger partial charge in [-0.1, -0.05) is 48.5 Å². The number of carbonyl (C=O) groups excluding carboxylic acids is 3. The van der Waals surface area contributed by atoms with Crippen molar-refractivity contribution in [2.24, 2.45) is 14.1 Å². The molecule has 0 unspecified atom stereocenters. The minimum absolute atomic E-state index is 0.0350. The summed E-state index contributed by atoms with van der Waals surface area (Å²) in [5.74, 6) is -1.69. The highest BCUT2D eigenvalue weighted by molar-refractivity contribution is 7.93. The van der Waals surface area contributed by atoms with Gasteiger partial charge in [0.2, 0.25) is 0 Å². The average Bonchev–Trinajstić information content (AvgIpc) is 3.74. The molecule has 2 aromatic heterocycles. The Morgan fingerprint density at radius 1 is 0.437 bits per heavy atom. The molecule has 0 aliphatic heterocycles. The molecule has 3 N–H and O–H groups in total. The van der Waals surface area contributed by atoms with E-state index in [4.69, 9.17) is 0 Å². The lowest BCUT2D eigenvalue weighted by Crippen LogP contribution is -2.32. The normalized spacial score (nSPS) is 11.5. The summed E-state index contributed by atoms with van der Waals surface area (Å²) in [6.45, 7) is 3.29. The highest BCUT2D eigenvalue weighted by Crippen LogP contribution is 2.27. The van der Waals surface area contributed by atoms with Crippen LogP contribution >= 0.6 is 0 Å². The van der Waals surface area contributed by atoms with Gasteiger partial charge in [-0.15, -0.1) is 0 Å². The third-order valence-corrected chi connectivity index (χ3v) is 15.5. The number of amides is 3. The Labute approximate surface area is 408 Å². The molecule has 8 rings (SSSR count). The van der Waals surface area contributed by atoms with Crippen LogP contribution in [-0.2, 0) is 34.1 Å². The van der Waals surface area contributed by atoms with Gasteiger partial charge in [0.05, 0.1) is 32.6 Å². The van der Waals surface area contributed by atoms with E-state index in [1.54, 1.807) is 116 Å². The van der Waals surface area contributed by atoms with E-state index in [9.17, 15) is 40.8 Å². The van der Waals surface area contributed by atoms with Crippen molar-refractivity contribution >= 4 is 66.2 Å². The van der Waals surface area contributed by atoms with Crippen molar-refractivity contribution in [2.45, 2.75) is 23.6 Å². The molecule has 0 bridgehead atoms. The van der Waals surface area contributed by atoms with E-state index in [0.717, 1.165) is 8.61 Å². The Morgan fingerprint density at radius 2 is 0.761 bits per heavy atom. The monoisotopic (exact) mass is 993 g/mol. The van der Waals surface area contributed by atoms with E-state index in [0.29, 0.717) is 39.8 Å². The Hall–Kier alpha value is -8.75. The highest BCUT2D eigenvalue weighted by Gasteiger charge is 2.31. The van der Waals surface area contributed by atoms with E-state index in [1.807, 2.05) is 6.07 Å². The van der Waals surface area contributed by atoms with Crippen molar-refractivity contribution in [3.63, 3.8) is 0 Å². The lowest BCUT2D eigenvalue weighted by molar-refractivity contribution is 0.101. The summed E-state index contributed by atoms with van der Waals surface area (Å²) in [4.78, 5) is 66.7. The first-order valence-corrected chi connectivity index (χ1v) is 24.7. The van der Waals surface area contributed by atoms with Gasteiger partial charge in [-0.05, 0) is 123 Å². The number of sulfonamides is 2. The zero-order chi connectivity index (χ0) is 50.9. The molecule has 3 amide bonds. The van der Waals surface area contributed by atoms with E-state index in [-0.39, 0.29) is 37.9 Å². The number of nitrogens with zero attached hydrogens (tertiary/aromatic N) is 6. The molecule has 0 saturated carbocycles. The second-order valence-electron chi connectivity index (χ2n) is 16.3. The van der Waals surface area contributed by atoms with Crippen molar-refractivity contribution in [1.82, 2.24) is 18.7 Å². The van der Waals surface area contributed by atoms with Gasteiger partial charge < -0.3 is 16.0 Å². The number of rotatable bonds is 14. The second kappa shape index (κ2) is 19.3. The molecule has 71 heavy (non-hydrogen) atoms. The molecule has 2 heterocycles. The predicted octanol–water partition coefficient (Wildman–Crippen LogP) is 6.69. The Kier molecular flexibility index (Phi) is 13.3. The minimum atomic E-state index is -4.30. The standard InChI is InChI=1S/C51H47N9O9S2/c1-33-45(50(64)59(55(33)3)41-17-9-7-10-18-41)57(5)70(66,67)43-21-13-15-36(31-43)48(62)53-38-25-23-35(24-26-38)47(61)52-39-27-29-40(30-28-39)54-49(63)37-16-14-22-44(32-37)71(68,69)58(6)46-34(2)56(4)60(51(46)65)42-19-11-8-12-20-42/h7-32H,1-6H3,(H,52,61)(H,53,62)(H,54,63). The van der Waals surface area contributed by atoms with Crippen LogP contribution in [0.2, 0.25) is 0 Å². The summed E-state index contributed by atoms with van der Waals surface area (Å²) in [5, 5.41) is 8.21. The summed E-state index contributed by atoms with van der Waals surface area (Å²) in [6.07, 6.45) is 0. The van der Waals surface area contributed by atoms with Crippen LogP contribution in [0, 0.1) is 13.8 Å². The fourth-order valence-corrected chi connectivity index (χ4v) is 10.5. The molecular formula is C51H47N9O9S2. The molecule has 0 fully saturated rings. The lowest BCUT2D eigenvalue weighted by Gasteiger charge is -2.18. The van der Waals surface area contributed by atoms with Crippen LogP contribution in [0.3, 0.4) is 0 Å². The maximum Gasteiger partial charge on any atom is 0.296 e. The van der Waals surface area contributed by atoms with Crippen LogP contribution in [0.25, 0.3) is 11.4 Å². The number of hydrogen-bond acceptors (Lipinski definition) is 9. The van der Waals surface area contributed by atoms with Gasteiger partial charge in [-0.25, -0.2) is 26.2 Å². The molecule has 8 aromatic rings. The first-order valence-electron chi connectivity index (χ1n) is 21.8. The summed E-state index contributed by atoms with van der Waals surface area (Å²) >= 11 is 0. The molecule has 0 saturated heterocycles. The molecule has 0 aliphatic rings. The van der Waals surface area contributed by atoms with Crippen molar-refractivity contribution in [3.8, 4) is 11.4 Å². The predicted molar refractivity (Wildman–Crippen MR) is 272 cm³/mol. The van der Waals surface area contributed by atoms with E-state index >= 15 is 0 Å². The van der Waals surface area contributed by atoms with Crippen molar-refractivity contribution < 1.29 is 31.2 Å². The quantitative estimate of drug-likeness (QED) is 0.106. The van der Waals surface area contributed by atoms with Crippen LogP contribution in [0.4, 0.5) is 28.4 Å². The zero-order valence-corrected chi connectivity index (χ0v) is 40.8. The third-order valence-electron chi connectivity index (χ3n) is 12.0. The maximum atomic E-state index is 13.9. The molecule has 0 aliphatic carbocycles. The number of hydrogen-bond donors (Lipinski definition) is 3. The second-order valence-corrected chi connectivity index (χ2v) is 20.3. The van der Waals surface area contributed by atoms with Gasteiger partial charge in [0.25, 0.3) is 48.9 Å². The fraction of sp³-hybridized carbons (Fsp3) is 0.118. The van der Waals surface area contributed by atoms with E-state index in [1.165, 1.54) is 96.3 Å². The SMILES string of the molecule is Cc1c(N(C)S(=O)(=O)c2cccc(C(=O)Nc3ccc(NC(=O)c4ccc(NC(=O)c5cccc(S(=O)(=O)N(C)c6c(C)n(C)n(-c7ccccc7)c6=O)c5)cc4)cc3)c2)c(=O)n(-c2ccccc2)n1C. The first kappa shape index (κ1) is 48.7. The maximum absolute atomic E-state index is 13.9. The van der Waals surface area contributed by atoms with Crippen LogP contribution in [0.1, 0.15) is 42.5 Å². The Balaban J connectivity index is 0.879. The average molecular weight is 994 g/mol. The largest absolute Gasteiger partial charge is 0.322 e. The minimum Gasteiger partial charge on any atom is -0.322 e. The highest BCUT2D eigenvalue weighted by atomic mass is 32.2. The van der Waals surface area contributed by atoms with Gasteiger partial charge in [0.15, 0.2) is 0 Å². The summed E-state index contributed by atoms with van der Waals surface area (Å²) in [5.41, 5.74) is 2.22. The summed E-state index contributed by atoms with van der Waals surface area (Å²) in [6, 6.07) is 40.8. The number of benzene rings is 6. The topological polar surface area (TPSA) is 216 Å². The van der Waals surface area contributed by atoms with Crippen molar-refractivity contribution in [1.29, 1.82) is 0 Å². The molecule has 20 heteroatoms. The zero-order valence-electron chi connectivity index (χ0n) is 39.2. The van der Waals surface area contributed by atoms with E-state index in [2.05, 4.69) is 16.0 Å². The van der Waals surface area contributed by atoms with E-state index < -0.39 is 48.9 Å². The van der Waals surface area contributed by atoms with Crippen LogP contribution < -0.4 is 35.7 Å². The smallest absolute Gasteiger partial charge is 0.296 e. The molecule has 0 radical (unpaired) electrons. The van der Waals surface area contributed by atoms with Crippen molar-refractivity contribution in [3.05, 3.63) is 207 Å². The number of para-hydroxylation sites is 2. The molecule has 18 nitrogen and oxygen atoms in total.